The first kappa shape index (κ1) is 19.2. The van der Waals surface area contributed by atoms with Crippen LogP contribution >= 0.6 is 0 Å². The van der Waals surface area contributed by atoms with Gasteiger partial charge in [-0.2, -0.15) is 0 Å². The van der Waals surface area contributed by atoms with Gasteiger partial charge in [-0.3, -0.25) is 19.4 Å². The van der Waals surface area contributed by atoms with E-state index in [-0.39, 0.29) is 30.0 Å². The lowest BCUT2D eigenvalue weighted by Gasteiger charge is -2.21. The zero-order valence-corrected chi connectivity index (χ0v) is 15.6. The molecule has 25 heavy (non-hydrogen) atoms. The maximum absolute atomic E-state index is 12.3. The lowest BCUT2D eigenvalue weighted by molar-refractivity contribution is -0.122. The Hall–Kier alpha value is -2.15. The van der Waals surface area contributed by atoms with Gasteiger partial charge in [0.05, 0.1) is 5.39 Å². The Kier molecular flexibility index (Phi) is 6.00. The highest BCUT2D eigenvalue weighted by atomic mass is 16.3. The number of carbonyl (C=O) groups is 1. The average molecular weight is 348 g/mol. The Morgan fingerprint density at radius 3 is 2.64 bits per heavy atom. The maximum Gasteiger partial charge on any atom is 0.273 e. The van der Waals surface area contributed by atoms with Crippen molar-refractivity contribution in [3.63, 3.8) is 0 Å². The van der Waals surface area contributed by atoms with Crippen molar-refractivity contribution in [3.05, 3.63) is 27.2 Å². The van der Waals surface area contributed by atoms with Crippen molar-refractivity contribution in [2.24, 2.45) is 13.0 Å². The highest BCUT2D eigenvalue weighted by molar-refractivity contribution is 5.81. The van der Waals surface area contributed by atoms with Crippen LogP contribution in [0.15, 0.2) is 4.79 Å². The highest BCUT2D eigenvalue weighted by Gasteiger charge is 2.18. The summed E-state index contributed by atoms with van der Waals surface area (Å²) in [7, 11) is 1.76. The summed E-state index contributed by atoms with van der Waals surface area (Å²) >= 11 is 0. The third-order valence-corrected chi connectivity index (χ3v) is 4.77. The second kappa shape index (κ2) is 7.82. The van der Waals surface area contributed by atoms with E-state index in [9.17, 15) is 9.59 Å². The van der Waals surface area contributed by atoms with Gasteiger partial charge in [0, 0.05) is 31.8 Å². The van der Waals surface area contributed by atoms with Crippen molar-refractivity contribution in [2.75, 3.05) is 6.61 Å². The van der Waals surface area contributed by atoms with Crippen molar-refractivity contribution in [3.8, 4) is 0 Å². The van der Waals surface area contributed by atoms with E-state index in [0.29, 0.717) is 30.3 Å². The smallest absolute Gasteiger partial charge is 0.273 e. The molecule has 0 fully saturated rings. The van der Waals surface area contributed by atoms with Crippen molar-refractivity contribution < 1.29 is 9.90 Å². The van der Waals surface area contributed by atoms with Gasteiger partial charge in [0.25, 0.3) is 5.56 Å². The fourth-order valence-electron chi connectivity index (χ4n) is 3.25. The number of aliphatic hydroxyl groups is 1. The Morgan fingerprint density at radius 2 is 2.04 bits per heavy atom. The second-order valence-electron chi connectivity index (χ2n) is 6.93. The first-order chi connectivity index (χ1) is 11.8. The summed E-state index contributed by atoms with van der Waals surface area (Å²) < 4.78 is 1.62. The van der Waals surface area contributed by atoms with Gasteiger partial charge in [0.2, 0.25) is 5.91 Å². The van der Waals surface area contributed by atoms with Gasteiger partial charge >= 0.3 is 0 Å². The fourth-order valence-corrected chi connectivity index (χ4v) is 3.25. The zero-order chi connectivity index (χ0) is 18.7. The van der Waals surface area contributed by atoms with E-state index in [0.717, 1.165) is 16.8 Å². The Balaban J connectivity index is 2.17. The molecule has 0 aliphatic carbocycles. The summed E-state index contributed by atoms with van der Waals surface area (Å²) in [5, 5.41) is 15.4. The number of aromatic amines is 1. The predicted molar refractivity (Wildman–Crippen MR) is 97.6 cm³/mol. The summed E-state index contributed by atoms with van der Waals surface area (Å²) in [6.45, 7) is 7.91. The number of pyridine rings is 1. The highest BCUT2D eigenvalue weighted by Crippen LogP contribution is 2.21. The summed E-state index contributed by atoms with van der Waals surface area (Å²) in [4.78, 5) is 28.9. The van der Waals surface area contributed by atoms with Gasteiger partial charge in [-0.1, -0.05) is 13.8 Å². The van der Waals surface area contributed by atoms with Crippen LogP contribution in [0.25, 0.3) is 11.0 Å². The first-order valence-electron chi connectivity index (χ1n) is 8.71. The van der Waals surface area contributed by atoms with Gasteiger partial charge < -0.3 is 10.4 Å². The molecule has 2 rings (SSSR count). The fraction of sp³-hybridized carbons (Fsp3) is 0.611. The van der Waals surface area contributed by atoms with Crippen LogP contribution in [0, 0.1) is 19.8 Å². The zero-order valence-electron chi connectivity index (χ0n) is 15.6. The summed E-state index contributed by atoms with van der Waals surface area (Å²) in [6, 6.07) is -0.0303. The van der Waals surface area contributed by atoms with Gasteiger partial charge in [0.1, 0.15) is 0 Å². The molecule has 2 aromatic heterocycles. The van der Waals surface area contributed by atoms with Crippen molar-refractivity contribution in [1.29, 1.82) is 0 Å². The minimum atomic E-state index is -0.156. The van der Waals surface area contributed by atoms with Crippen LogP contribution in [0.1, 0.15) is 43.5 Å². The molecule has 0 aromatic carbocycles. The number of nitrogens with zero attached hydrogens (tertiary/aromatic N) is 2. The maximum atomic E-state index is 12.3. The topological polar surface area (TPSA) is 100 Å². The van der Waals surface area contributed by atoms with Crippen LogP contribution in [-0.4, -0.2) is 38.4 Å². The van der Waals surface area contributed by atoms with Crippen molar-refractivity contribution in [1.82, 2.24) is 20.1 Å². The lowest BCUT2D eigenvalue weighted by atomic mass is 9.99. The average Bonchev–Trinajstić information content (AvgIpc) is 2.80. The molecule has 3 N–H and O–H groups in total. The minimum absolute atomic E-state index is 0.0303. The van der Waals surface area contributed by atoms with Crippen LogP contribution in [-0.2, 0) is 18.3 Å². The van der Waals surface area contributed by atoms with Gasteiger partial charge in [-0.25, -0.2) is 4.98 Å². The van der Waals surface area contributed by atoms with Crippen molar-refractivity contribution >= 4 is 16.9 Å². The number of nitrogens with one attached hydrogen (secondary N) is 2. The number of aliphatic hydroxyl groups excluding tert-OH is 1. The number of H-pyrrole nitrogens is 1. The molecular weight excluding hydrogens is 320 g/mol. The van der Waals surface area contributed by atoms with Crippen LogP contribution < -0.4 is 10.9 Å². The molecule has 1 amide bonds. The Morgan fingerprint density at radius 1 is 1.36 bits per heavy atom. The monoisotopic (exact) mass is 348 g/mol. The van der Waals surface area contributed by atoms with Crippen LogP contribution in [0.2, 0.25) is 0 Å². The standard InChI is InChI=1S/C18H28N4O3/c1-10(2)14(8-9-23)20-15(24)7-6-13-11(3)16-17(19-12(13)4)22(5)21-18(16)25/h10,14,23H,6-9H2,1-5H3,(H,20,24)(H,21,25). The predicted octanol–water partition coefficient (Wildman–Crippen LogP) is 1.33. The molecule has 0 saturated carbocycles. The third-order valence-electron chi connectivity index (χ3n) is 4.77. The molecular formula is C18H28N4O3. The van der Waals surface area contributed by atoms with Gasteiger partial charge in [-0.15, -0.1) is 0 Å². The van der Waals surface area contributed by atoms with Crippen LogP contribution in [0.5, 0.6) is 0 Å². The summed E-state index contributed by atoms with van der Waals surface area (Å²) in [5.41, 5.74) is 3.14. The van der Waals surface area contributed by atoms with E-state index < -0.39 is 0 Å². The lowest BCUT2D eigenvalue weighted by Crippen LogP contribution is -2.39. The van der Waals surface area contributed by atoms with Crippen molar-refractivity contribution in [2.45, 2.75) is 53.0 Å². The SMILES string of the molecule is Cc1nc2c(c(C)c1CCC(=O)NC(CCO)C(C)C)c(=O)[nH]n2C. The van der Waals surface area contributed by atoms with Crippen LogP contribution in [0.4, 0.5) is 0 Å². The summed E-state index contributed by atoms with van der Waals surface area (Å²) in [5.74, 6) is 0.216. The first-order valence-corrected chi connectivity index (χ1v) is 8.71. The normalized spacial score (nSPS) is 12.8. The largest absolute Gasteiger partial charge is 0.396 e. The number of aryl methyl sites for hydroxylation is 3. The molecule has 0 aliphatic heterocycles. The molecule has 0 bridgehead atoms. The number of carbonyl (C=O) groups excluding carboxylic acids is 1. The molecule has 2 aromatic rings. The van der Waals surface area contributed by atoms with E-state index >= 15 is 0 Å². The van der Waals surface area contributed by atoms with E-state index in [1.54, 1.807) is 11.7 Å². The molecule has 0 spiro atoms. The molecule has 0 radical (unpaired) electrons. The van der Waals surface area contributed by atoms with E-state index in [2.05, 4.69) is 15.4 Å². The number of amides is 1. The molecule has 1 unspecified atom stereocenters. The number of hydrogen-bond donors (Lipinski definition) is 3. The third kappa shape index (κ3) is 4.10. The molecule has 7 nitrogen and oxygen atoms in total. The molecule has 138 valence electrons. The number of fused-ring (bicyclic) bond motifs is 1. The van der Waals surface area contributed by atoms with Crippen LogP contribution in [0.3, 0.4) is 0 Å². The van der Waals surface area contributed by atoms with E-state index in [4.69, 9.17) is 5.11 Å². The summed E-state index contributed by atoms with van der Waals surface area (Å²) in [6.07, 6.45) is 1.41. The quantitative estimate of drug-likeness (QED) is 0.703. The molecule has 1 atom stereocenters. The van der Waals surface area contributed by atoms with E-state index in [1.807, 2.05) is 27.7 Å². The number of rotatable bonds is 7. The van der Waals surface area contributed by atoms with E-state index in [1.165, 1.54) is 0 Å². The molecule has 0 saturated heterocycles. The Bertz CT molecular complexity index is 820. The second-order valence-corrected chi connectivity index (χ2v) is 6.93. The molecule has 2 heterocycles. The van der Waals surface area contributed by atoms with Gasteiger partial charge in [-0.05, 0) is 43.7 Å². The Labute approximate surface area is 147 Å². The molecule has 0 aliphatic rings. The number of hydrogen-bond acceptors (Lipinski definition) is 4. The molecule has 7 heteroatoms. The minimum Gasteiger partial charge on any atom is -0.396 e. The van der Waals surface area contributed by atoms with Gasteiger partial charge in [0.15, 0.2) is 5.65 Å². The number of aromatic nitrogens is 3.